The maximum Gasteiger partial charge on any atom is 0.236 e. The van der Waals surface area contributed by atoms with E-state index < -0.39 is 0 Å². The summed E-state index contributed by atoms with van der Waals surface area (Å²) >= 11 is 5.18. The van der Waals surface area contributed by atoms with Crippen molar-refractivity contribution in [1.29, 1.82) is 0 Å². The van der Waals surface area contributed by atoms with Crippen LogP contribution in [0.4, 0.5) is 0 Å². The highest BCUT2D eigenvalue weighted by Crippen LogP contribution is 2.34. The molecule has 1 saturated heterocycles. The third kappa shape index (κ3) is 5.53. The highest BCUT2D eigenvalue weighted by atomic mass is 79.9. The summed E-state index contributed by atoms with van der Waals surface area (Å²) in [5.41, 5.74) is 2.09. The van der Waals surface area contributed by atoms with E-state index in [0.717, 1.165) is 65.6 Å². The molecular weight excluding hydrogens is 440 g/mol. The summed E-state index contributed by atoms with van der Waals surface area (Å²) in [4.78, 5) is 23.1. The maximum absolute atomic E-state index is 12.0. The van der Waals surface area contributed by atoms with E-state index in [-0.39, 0.29) is 5.91 Å². The Morgan fingerprint density at radius 3 is 2.75 bits per heavy atom. The molecule has 1 amide bonds. The van der Waals surface area contributed by atoms with Crippen molar-refractivity contribution in [3.05, 3.63) is 33.7 Å². The van der Waals surface area contributed by atoms with E-state index in [4.69, 9.17) is 9.72 Å². The number of rotatable bonds is 6. The maximum atomic E-state index is 12.0. The van der Waals surface area contributed by atoms with Crippen molar-refractivity contribution in [3.63, 3.8) is 0 Å². The van der Waals surface area contributed by atoms with Gasteiger partial charge in [0.15, 0.2) is 0 Å². The SMILES string of the molecule is COc1ccc(Br)cc1-c1nc(CN2CCCN(CC(=O)N(C)C)CC2)cs1. The van der Waals surface area contributed by atoms with Gasteiger partial charge in [-0.15, -0.1) is 11.3 Å². The summed E-state index contributed by atoms with van der Waals surface area (Å²) in [5.74, 6) is 1.00. The molecule has 1 aromatic heterocycles. The molecule has 2 heterocycles. The van der Waals surface area contributed by atoms with Crippen LogP contribution in [-0.4, -0.2) is 79.5 Å². The van der Waals surface area contributed by atoms with Gasteiger partial charge in [-0.3, -0.25) is 14.6 Å². The third-order valence-electron chi connectivity index (χ3n) is 4.87. The molecule has 152 valence electrons. The fraction of sp³-hybridized carbons (Fsp3) is 0.500. The van der Waals surface area contributed by atoms with Crippen molar-refractivity contribution in [2.75, 3.05) is 53.9 Å². The fourth-order valence-electron chi connectivity index (χ4n) is 3.25. The number of nitrogens with zero attached hydrogens (tertiary/aromatic N) is 4. The number of halogens is 1. The first kappa shape index (κ1) is 21.2. The number of likely N-dealkylation sites (N-methyl/N-ethyl adjacent to an activating group) is 1. The molecule has 1 aromatic carbocycles. The number of amides is 1. The van der Waals surface area contributed by atoms with Gasteiger partial charge in [0.05, 0.1) is 24.9 Å². The molecule has 0 saturated carbocycles. The number of hydrogen-bond acceptors (Lipinski definition) is 6. The van der Waals surface area contributed by atoms with Crippen LogP contribution in [0, 0.1) is 0 Å². The molecule has 0 spiro atoms. The minimum Gasteiger partial charge on any atom is -0.496 e. The zero-order chi connectivity index (χ0) is 20.1. The number of methoxy groups -OCH3 is 1. The van der Waals surface area contributed by atoms with Crippen molar-refractivity contribution >= 4 is 33.2 Å². The van der Waals surface area contributed by atoms with Gasteiger partial charge in [0.1, 0.15) is 10.8 Å². The summed E-state index contributed by atoms with van der Waals surface area (Å²) in [7, 11) is 5.31. The number of aromatic nitrogens is 1. The fourth-order valence-corrected chi connectivity index (χ4v) is 4.45. The molecule has 0 unspecified atom stereocenters. The first-order valence-corrected chi connectivity index (χ1v) is 11.1. The average Bonchev–Trinajstić information content (AvgIpc) is 3.02. The van der Waals surface area contributed by atoms with Gasteiger partial charge < -0.3 is 9.64 Å². The minimum atomic E-state index is 0.167. The third-order valence-corrected chi connectivity index (χ3v) is 6.29. The molecule has 8 heteroatoms. The Bertz CT molecular complexity index is 811. The normalized spacial score (nSPS) is 16.0. The largest absolute Gasteiger partial charge is 0.496 e. The lowest BCUT2D eigenvalue weighted by Gasteiger charge is -2.22. The van der Waals surface area contributed by atoms with Crippen LogP contribution in [0.5, 0.6) is 5.75 Å². The van der Waals surface area contributed by atoms with Crippen LogP contribution in [0.25, 0.3) is 10.6 Å². The van der Waals surface area contributed by atoms with Gasteiger partial charge in [-0.2, -0.15) is 0 Å². The van der Waals surface area contributed by atoms with E-state index in [1.165, 1.54) is 0 Å². The van der Waals surface area contributed by atoms with Crippen LogP contribution < -0.4 is 4.74 Å². The van der Waals surface area contributed by atoms with Crippen molar-refractivity contribution < 1.29 is 9.53 Å². The number of ether oxygens (including phenoxy) is 1. The van der Waals surface area contributed by atoms with Crippen molar-refractivity contribution in [2.45, 2.75) is 13.0 Å². The Hall–Kier alpha value is -1.48. The molecule has 1 aliphatic rings. The first-order chi connectivity index (χ1) is 13.5. The van der Waals surface area contributed by atoms with Gasteiger partial charge >= 0.3 is 0 Å². The quantitative estimate of drug-likeness (QED) is 0.654. The second-order valence-electron chi connectivity index (χ2n) is 7.18. The van der Waals surface area contributed by atoms with Crippen molar-refractivity contribution in [1.82, 2.24) is 19.7 Å². The van der Waals surface area contributed by atoms with E-state index >= 15 is 0 Å². The van der Waals surface area contributed by atoms with Gasteiger partial charge in [-0.05, 0) is 37.7 Å². The van der Waals surface area contributed by atoms with Crippen LogP contribution in [0.1, 0.15) is 12.1 Å². The van der Waals surface area contributed by atoms with E-state index in [9.17, 15) is 4.79 Å². The Morgan fingerprint density at radius 2 is 2.00 bits per heavy atom. The molecule has 0 bridgehead atoms. The molecule has 0 aliphatic carbocycles. The van der Waals surface area contributed by atoms with Crippen LogP contribution in [0.3, 0.4) is 0 Å². The predicted octanol–water partition coefficient (Wildman–Crippen LogP) is 3.18. The molecule has 2 aromatic rings. The van der Waals surface area contributed by atoms with E-state index in [1.54, 1.807) is 23.3 Å². The zero-order valence-corrected chi connectivity index (χ0v) is 19.1. The average molecular weight is 467 g/mol. The molecule has 1 aliphatic heterocycles. The van der Waals surface area contributed by atoms with Crippen molar-refractivity contribution in [2.24, 2.45) is 0 Å². The summed E-state index contributed by atoms with van der Waals surface area (Å²) in [6, 6.07) is 5.98. The molecule has 28 heavy (non-hydrogen) atoms. The van der Waals surface area contributed by atoms with Crippen molar-refractivity contribution in [3.8, 4) is 16.3 Å². The highest BCUT2D eigenvalue weighted by Gasteiger charge is 2.19. The van der Waals surface area contributed by atoms with Gasteiger partial charge in [0.25, 0.3) is 0 Å². The second-order valence-corrected chi connectivity index (χ2v) is 8.96. The smallest absolute Gasteiger partial charge is 0.236 e. The molecular formula is C20H27BrN4O2S. The topological polar surface area (TPSA) is 48.9 Å². The summed E-state index contributed by atoms with van der Waals surface area (Å²) in [5, 5.41) is 3.11. The molecule has 0 N–H and O–H groups in total. The van der Waals surface area contributed by atoms with Crippen LogP contribution in [-0.2, 0) is 11.3 Å². The number of carbonyl (C=O) groups is 1. The summed E-state index contributed by atoms with van der Waals surface area (Å²) in [6.45, 7) is 5.20. The molecule has 6 nitrogen and oxygen atoms in total. The number of benzene rings is 1. The minimum absolute atomic E-state index is 0.167. The summed E-state index contributed by atoms with van der Waals surface area (Å²) < 4.78 is 6.50. The Morgan fingerprint density at radius 1 is 1.25 bits per heavy atom. The van der Waals surface area contributed by atoms with Crippen LogP contribution in [0.2, 0.25) is 0 Å². The van der Waals surface area contributed by atoms with E-state index in [2.05, 4.69) is 31.1 Å². The lowest BCUT2D eigenvalue weighted by molar-refractivity contribution is -0.129. The standard InChI is InChI=1S/C20H27BrN4O2S/c1-23(2)19(26)13-25-8-4-7-24(9-10-25)12-16-14-28-20(22-16)17-11-15(21)5-6-18(17)27-3/h5-6,11,14H,4,7-10,12-13H2,1-3H3. The van der Waals surface area contributed by atoms with Gasteiger partial charge in [0, 0.05) is 43.6 Å². The molecule has 3 rings (SSSR count). The Labute approximate surface area is 179 Å². The lowest BCUT2D eigenvalue weighted by atomic mass is 10.2. The Balaban J connectivity index is 1.61. The van der Waals surface area contributed by atoms with Crippen LogP contribution >= 0.6 is 27.3 Å². The van der Waals surface area contributed by atoms with Crippen LogP contribution in [0.15, 0.2) is 28.1 Å². The van der Waals surface area contributed by atoms with E-state index in [1.807, 2.05) is 32.3 Å². The highest BCUT2D eigenvalue weighted by molar-refractivity contribution is 9.10. The monoisotopic (exact) mass is 466 g/mol. The predicted molar refractivity (Wildman–Crippen MR) is 117 cm³/mol. The van der Waals surface area contributed by atoms with Gasteiger partial charge in [-0.1, -0.05) is 15.9 Å². The van der Waals surface area contributed by atoms with E-state index in [0.29, 0.717) is 6.54 Å². The molecule has 1 fully saturated rings. The van der Waals surface area contributed by atoms with Gasteiger partial charge in [-0.25, -0.2) is 4.98 Å². The van der Waals surface area contributed by atoms with Gasteiger partial charge in [0.2, 0.25) is 5.91 Å². The molecule has 0 atom stereocenters. The Kier molecular flexibility index (Phi) is 7.45. The zero-order valence-electron chi connectivity index (χ0n) is 16.7. The number of thiazole rings is 1. The summed E-state index contributed by atoms with van der Waals surface area (Å²) in [6.07, 6.45) is 1.07. The molecule has 0 radical (unpaired) electrons. The number of carbonyl (C=O) groups excluding carboxylic acids is 1. The lowest BCUT2D eigenvalue weighted by Crippen LogP contribution is -2.38. The first-order valence-electron chi connectivity index (χ1n) is 9.39. The second kappa shape index (κ2) is 9.82. The number of hydrogen-bond donors (Lipinski definition) is 0.